The first-order chi connectivity index (χ1) is 11.3. The van der Waals surface area contributed by atoms with Gasteiger partial charge in [-0.1, -0.05) is 12.1 Å². The molecule has 0 saturated carbocycles. The van der Waals surface area contributed by atoms with Gasteiger partial charge >= 0.3 is 18.0 Å². The maximum absolute atomic E-state index is 11.8. The van der Waals surface area contributed by atoms with Gasteiger partial charge in [0, 0.05) is 19.0 Å². The number of urea groups is 1. The number of hydrogen-bond acceptors (Lipinski definition) is 4. The van der Waals surface area contributed by atoms with Gasteiger partial charge in [0.2, 0.25) is 0 Å². The number of carbonyl (C=O) groups excluding carboxylic acids is 2. The predicted octanol–water partition coefficient (Wildman–Crippen LogP) is 2.30. The number of carbonyl (C=O) groups is 3. The third kappa shape index (κ3) is 7.62. The maximum Gasteiger partial charge on any atom is 0.335 e. The van der Waals surface area contributed by atoms with Crippen LogP contribution in [0.4, 0.5) is 4.79 Å². The lowest BCUT2D eigenvalue weighted by molar-refractivity contribution is -0.147. The van der Waals surface area contributed by atoms with Crippen LogP contribution in [-0.2, 0) is 16.1 Å². The van der Waals surface area contributed by atoms with E-state index in [0.29, 0.717) is 6.42 Å². The molecule has 0 aliphatic rings. The van der Waals surface area contributed by atoms with Gasteiger partial charge in [-0.05, 0) is 44.9 Å². The van der Waals surface area contributed by atoms with Crippen molar-refractivity contribution in [1.29, 1.82) is 0 Å². The highest BCUT2D eigenvalue weighted by molar-refractivity contribution is 5.87. The Morgan fingerprint density at radius 1 is 1.12 bits per heavy atom. The maximum atomic E-state index is 11.8. The van der Waals surface area contributed by atoms with Gasteiger partial charge in [-0.15, -0.1) is 0 Å². The van der Waals surface area contributed by atoms with Gasteiger partial charge in [0.15, 0.2) is 0 Å². The molecule has 7 heteroatoms. The van der Waals surface area contributed by atoms with Gasteiger partial charge in [-0.25, -0.2) is 9.59 Å². The zero-order valence-corrected chi connectivity index (χ0v) is 14.2. The molecule has 1 aromatic rings. The van der Waals surface area contributed by atoms with Crippen LogP contribution in [0.3, 0.4) is 0 Å². The largest absolute Gasteiger partial charge is 0.478 e. The number of benzene rings is 1. The molecule has 3 N–H and O–H groups in total. The Balaban J connectivity index is 2.30. The molecule has 0 fully saturated rings. The first-order valence-electron chi connectivity index (χ1n) is 7.84. The number of nitrogens with one attached hydrogen (secondary N) is 2. The minimum absolute atomic E-state index is 0.142. The lowest BCUT2D eigenvalue weighted by Gasteiger charge is -2.15. The van der Waals surface area contributed by atoms with E-state index in [0.717, 1.165) is 5.56 Å². The molecule has 0 aromatic heterocycles. The van der Waals surface area contributed by atoms with Crippen molar-refractivity contribution in [3.8, 4) is 0 Å². The highest BCUT2D eigenvalue weighted by atomic mass is 16.5. The van der Waals surface area contributed by atoms with Crippen LogP contribution in [0.5, 0.6) is 0 Å². The molecule has 132 valence electrons. The van der Waals surface area contributed by atoms with Crippen molar-refractivity contribution in [3.63, 3.8) is 0 Å². The van der Waals surface area contributed by atoms with Crippen LogP contribution >= 0.6 is 0 Å². The molecule has 0 saturated heterocycles. The van der Waals surface area contributed by atoms with E-state index in [1.165, 1.54) is 12.1 Å². The van der Waals surface area contributed by atoms with E-state index in [4.69, 9.17) is 9.84 Å². The van der Waals surface area contributed by atoms with Crippen molar-refractivity contribution < 1.29 is 24.2 Å². The molecule has 1 atom stereocenters. The van der Waals surface area contributed by atoms with Gasteiger partial charge < -0.3 is 20.5 Å². The molecule has 0 aliphatic heterocycles. The summed E-state index contributed by atoms with van der Waals surface area (Å²) >= 11 is 0. The van der Waals surface area contributed by atoms with E-state index in [2.05, 4.69) is 10.6 Å². The van der Waals surface area contributed by atoms with E-state index in [-0.39, 0.29) is 42.7 Å². The normalized spacial score (nSPS) is 11.7. The van der Waals surface area contributed by atoms with Crippen molar-refractivity contribution in [2.45, 2.75) is 52.3 Å². The number of hydrogen-bond donors (Lipinski definition) is 3. The number of carboxylic acids is 1. The summed E-state index contributed by atoms with van der Waals surface area (Å²) in [7, 11) is 0. The second kappa shape index (κ2) is 9.54. The van der Waals surface area contributed by atoms with Gasteiger partial charge in [0.05, 0.1) is 11.7 Å². The SMILES string of the molecule is CC(CCC(=O)OC(C)C)NC(=O)NCc1ccc(C(=O)O)cc1. The molecule has 0 heterocycles. The van der Waals surface area contributed by atoms with Gasteiger partial charge in [-0.2, -0.15) is 0 Å². The zero-order chi connectivity index (χ0) is 18.1. The highest BCUT2D eigenvalue weighted by Gasteiger charge is 2.11. The standard InChI is InChI=1S/C17H24N2O5/c1-11(2)24-15(20)9-4-12(3)19-17(23)18-10-13-5-7-14(8-6-13)16(21)22/h5-8,11-12H,4,9-10H2,1-3H3,(H,21,22)(H2,18,19,23). The number of amides is 2. The summed E-state index contributed by atoms with van der Waals surface area (Å²) in [5.41, 5.74) is 0.994. The molecule has 0 bridgehead atoms. The highest BCUT2D eigenvalue weighted by Crippen LogP contribution is 2.04. The van der Waals surface area contributed by atoms with Crippen LogP contribution in [0.2, 0.25) is 0 Å². The summed E-state index contributed by atoms with van der Waals surface area (Å²) in [4.78, 5) is 34.0. The quantitative estimate of drug-likeness (QED) is 0.632. The zero-order valence-electron chi connectivity index (χ0n) is 14.2. The topological polar surface area (TPSA) is 105 Å². The molecular weight excluding hydrogens is 312 g/mol. The molecule has 1 aromatic carbocycles. The smallest absolute Gasteiger partial charge is 0.335 e. The van der Waals surface area contributed by atoms with Crippen LogP contribution in [0.15, 0.2) is 24.3 Å². The summed E-state index contributed by atoms with van der Waals surface area (Å²) in [6.07, 6.45) is 0.597. The minimum Gasteiger partial charge on any atom is -0.478 e. The van der Waals surface area contributed by atoms with Crippen molar-refractivity contribution in [1.82, 2.24) is 10.6 Å². The summed E-state index contributed by atoms with van der Waals surface area (Å²) in [5.74, 6) is -1.27. The minimum atomic E-state index is -0.989. The average Bonchev–Trinajstić information content (AvgIpc) is 2.50. The summed E-state index contributed by atoms with van der Waals surface area (Å²) < 4.78 is 5.03. The van der Waals surface area contributed by atoms with E-state index in [1.807, 2.05) is 6.92 Å². The Morgan fingerprint density at radius 3 is 2.29 bits per heavy atom. The molecule has 0 spiro atoms. The van der Waals surface area contributed by atoms with Crippen molar-refractivity contribution in [2.24, 2.45) is 0 Å². The molecular formula is C17H24N2O5. The van der Waals surface area contributed by atoms with Crippen LogP contribution in [0.25, 0.3) is 0 Å². The lowest BCUT2D eigenvalue weighted by Crippen LogP contribution is -2.40. The van der Waals surface area contributed by atoms with Crippen LogP contribution in [0, 0.1) is 0 Å². The lowest BCUT2D eigenvalue weighted by atomic mass is 10.1. The average molecular weight is 336 g/mol. The predicted molar refractivity (Wildman–Crippen MR) is 88.7 cm³/mol. The summed E-state index contributed by atoms with van der Waals surface area (Å²) in [6, 6.07) is 5.76. The Labute approximate surface area is 141 Å². The number of esters is 1. The van der Waals surface area contributed by atoms with Crippen molar-refractivity contribution in [2.75, 3.05) is 0 Å². The van der Waals surface area contributed by atoms with Gasteiger partial charge in [0.25, 0.3) is 0 Å². The molecule has 1 unspecified atom stereocenters. The van der Waals surface area contributed by atoms with E-state index in [1.54, 1.807) is 26.0 Å². The fourth-order valence-electron chi connectivity index (χ4n) is 1.95. The summed E-state index contributed by atoms with van der Waals surface area (Å²) in [5, 5.41) is 14.2. The second-order valence-electron chi connectivity index (χ2n) is 5.81. The van der Waals surface area contributed by atoms with E-state index < -0.39 is 5.97 Å². The fourth-order valence-corrected chi connectivity index (χ4v) is 1.95. The first kappa shape index (κ1) is 19.5. The Bertz CT molecular complexity index is 569. The Hall–Kier alpha value is -2.57. The molecule has 0 radical (unpaired) electrons. The van der Waals surface area contributed by atoms with Crippen LogP contribution < -0.4 is 10.6 Å². The van der Waals surface area contributed by atoms with Gasteiger partial charge in [-0.3, -0.25) is 4.79 Å². The van der Waals surface area contributed by atoms with E-state index >= 15 is 0 Å². The molecule has 0 aliphatic carbocycles. The number of aromatic carboxylic acids is 1. The van der Waals surface area contributed by atoms with Gasteiger partial charge in [0.1, 0.15) is 0 Å². The van der Waals surface area contributed by atoms with E-state index in [9.17, 15) is 14.4 Å². The molecule has 7 nitrogen and oxygen atoms in total. The van der Waals surface area contributed by atoms with Crippen molar-refractivity contribution in [3.05, 3.63) is 35.4 Å². The molecule has 24 heavy (non-hydrogen) atoms. The third-order valence-corrected chi connectivity index (χ3v) is 3.18. The second-order valence-corrected chi connectivity index (χ2v) is 5.81. The number of ether oxygens (including phenoxy) is 1. The van der Waals surface area contributed by atoms with Crippen molar-refractivity contribution >= 4 is 18.0 Å². The van der Waals surface area contributed by atoms with Crippen LogP contribution in [0.1, 0.15) is 49.5 Å². The Morgan fingerprint density at radius 2 is 1.75 bits per heavy atom. The molecule has 1 rings (SSSR count). The number of rotatable bonds is 8. The monoisotopic (exact) mass is 336 g/mol. The summed E-state index contributed by atoms with van der Waals surface area (Å²) in [6.45, 7) is 5.67. The third-order valence-electron chi connectivity index (χ3n) is 3.18. The number of carboxylic acid groups (broad SMARTS) is 1. The van der Waals surface area contributed by atoms with Crippen LogP contribution in [-0.4, -0.2) is 35.2 Å². The molecule has 2 amide bonds. The first-order valence-corrected chi connectivity index (χ1v) is 7.84. The Kier molecular flexibility index (Phi) is 7.74. The fraction of sp³-hybridized carbons (Fsp3) is 0.471.